The Balaban J connectivity index is 2.60. The molecule has 1 rings (SSSR count). The number of benzene rings is 1. The first-order valence-corrected chi connectivity index (χ1v) is 8.82. The molecule has 0 unspecified atom stereocenters. The van der Waals surface area contributed by atoms with Gasteiger partial charge in [0.15, 0.2) is 0 Å². The molecule has 0 aliphatic rings. The molecule has 1 aromatic rings. The SMILES string of the molecule is C=C(/C=C\N=CC)NC(=O)c1ccccc1NCCCN(CC)CC. The van der Waals surface area contributed by atoms with Crippen LogP contribution in [0.3, 0.4) is 0 Å². The number of hydrogen-bond acceptors (Lipinski definition) is 4. The first-order valence-electron chi connectivity index (χ1n) is 8.82. The topological polar surface area (TPSA) is 56.7 Å². The van der Waals surface area contributed by atoms with E-state index in [2.05, 4.69) is 41.0 Å². The maximum absolute atomic E-state index is 12.4. The molecule has 0 saturated heterocycles. The van der Waals surface area contributed by atoms with Gasteiger partial charge < -0.3 is 15.5 Å². The van der Waals surface area contributed by atoms with E-state index in [0.29, 0.717) is 11.3 Å². The highest BCUT2D eigenvalue weighted by molar-refractivity contribution is 6.00. The fourth-order valence-electron chi connectivity index (χ4n) is 2.37. The summed E-state index contributed by atoms with van der Waals surface area (Å²) in [6, 6.07) is 7.51. The van der Waals surface area contributed by atoms with Crippen molar-refractivity contribution in [3.05, 3.63) is 54.4 Å². The molecule has 5 nitrogen and oxygen atoms in total. The molecule has 1 amide bonds. The highest BCUT2D eigenvalue weighted by Gasteiger charge is 2.10. The van der Waals surface area contributed by atoms with E-state index in [1.807, 2.05) is 31.2 Å². The number of hydrogen-bond donors (Lipinski definition) is 2. The van der Waals surface area contributed by atoms with Crippen LogP contribution >= 0.6 is 0 Å². The number of para-hydroxylation sites is 1. The Bertz CT molecular complexity index is 603. The van der Waals surface area contributed by atoms with Gasteiger partial charge in [0.1, 0.15) is 0 Å². The van der Waals surface area contributed by atoms with Crippen LogP contribution in [0.2, 0.25) is 0 Å². The lowest BCUT2D eigenvalue weighted by Gasteiger charge is -2.18. The van der Waals surface area contributed by atoms with E-state index in [1.54, 1.807) is 18.5 Å². The maximum atomic E-state index is 12.4. The normalized spacial score (nSPS) is 11.4. The van der Waals surface area contributed by atoms with Gasteiger partial charge in [-0.1, -0.05) is 32.6 Å². The summed E-state index contributed by atoms with van der Waals surface area (Å²) in [5.41, 5.74) is 1.95. The van der Waals surface area contributed by atoms with Crippen LogP contribution in [-0.2, 0) is 0 Å². The number of allylic oxidation sites excluding steroid dienone is 1. The van der Waals surface area contributed by atoms with Gasteiger partial charge in [-0.05, 0) is 51.2 Å². The van der Waals surface area contributed by atoms with Crippen LogP contribution in [-0.4, -0.2) is 43.2 Å². The number of amides is 1. The molecule has 0 atom stereocenters. The predicted octanol–water partition coefficient (Wildman–Crippen LogP) is 3.68. The quantitative estimate of drug-likeness (QED) is 0.366. The third-order valence-electron chi connectivity index (χ3n) is 3.82. The third kappa shape index (κ3) is 7.81. The molecular weight excluding hydrogens is 312 g/mol. The molecular formula is C20H30N4O. The van der Waals surface area contributed by atoms with Crippen molar-refractivity contribution in [3.8, 4) is 0 Å². The Kier molecular flexibility index (Phi) is 9.94. The summed E-state index contributed by atoms with van der Waals surface area (Å²) in [4.78, 5) is 18.8. The second kappa shape index (κ2) is 12.0. The van der Waals surface area contributed by atoms with E-state index in [4.69, 9.17) is 0 Å². The highest BCUT2D eigenvalue weighted by atomic mass is 16.1. The Morgan fingerprint density at radius 3 is 2.68 bits per heavy atom. The van der Waals surface area contributed by atoms with Crippen molar-refractivity contribution in [1.29, 1.82) is 0 Å². The van der Waals surface area contributed by atoms with Crippen molar-refractivity contribution in [2.45, 2.75) is 27.2 Å². The van der Waals surface area contributed by atoms with E-state index in [0.717, 1.165) is 38.3 Å². The zero-order valence-corrected chi connectivity index (χ0v) is 15.6. The zero-order chi connectivity index (χ0) is 18.5. The summed E-state index contributed by atoms with van der Waals surface area (Å²) >= 11 is 0. The smallest absolute Gasteiger partial charge is 0.257 e. The van der Waals surface area contributed by atoms with Gasteiger partial charge in [0.2, 0.25) is 0 Å². The number of nitrogens with zero attached hydrogens (tertiary/aromatic N) is 2. The van der Waals surface area contributed by atoms with E-state index < -0.39 is 0 Å². The van der Waals surface area contributed by atoms with E-state index in [1.165, 1.54) is 0 Å². The Morgan fingerprint density at radius 1 is 1.28 bits per heavy atom. The molecule has 0 heterocycles. The molecule has 0 saturated carbocycles. The lowest BCUT2D eigenvalue weighted by Crippen LogP contribution is -2.26. The molecule has 0 spiro atoms. The lowest BCUT2D eigenvalue weighted by molar-refractivity contribution is 0.0968. The molecule has 0 aromatic heterocycles. The van der Waals surface area contributed by atoms with Crippen LogP contribution in [0.5, 0.6) is 0 Å². The van der Waals surface area contributed by atoms with Crippen LogP contribution in [0.25, 0.3) is 0 Å². The second-order valence-corrected chi connectivity index (χ2v) is 5.56. The van der Waals surface area contributed by atoms with Crippen molar-refractivity contribution >= 4 is 17.8 Å². The lowest BCUT2D eigenvalue weighted by atomic mass is 10.1. The van der Waals surface area contributed by atoms with Gasteiger partial charge in [-0.3, -0.25) is 9.79 Å². The van der Waals surface area contributed by atoms with Crippen LogP contribution in [0, 0.1) is 0 Å². The van der Waals surface area contributed by atoms with Crippen molar-refractivity contribution in [1.82, 2.24) is 10.2 Å². The molecule has 0 aliphatic carbocycles. The maximum Gasteiger partial charge on any atom is 0.257 e. The highest BCUT2D eigenvalue weighted by Crippen LogP contribution is 2.15. The molecule has 0 bridgehead atoms. The molecule has 0 radical (unpaired) electrons. The van der Waals surface area contributed by atoms with E-state index in [9.17, 15) is 4.79 Å². The number of carbonyl (C=O) groups excluding carboxylic acids is 1. The number of aliphatic imine (C=N–C) groups is 1. The van der Waals surface area contributed by atoms with Crippen molar-refractivity contribution in [2.24, 2.45) is 4.99 Å². The van der Waals surface area contributed by atoms with Gasteiger partial charge >= 0.3 is 0 Å². The summed E-state index contributed by atoms with van der Waals surface area (Å²) < 4.78 is 0. The molecule has 2 N–H and O–H groups in total. The zero-order valence-electron chi connectivity index (χ0n) is 15.6. The molecule has 0 fully saturated rings. The Hall–Kier alpha value is -2.40. The first kappa shape index (κ1) is 20.6. The molecule has 25 heavy (non-hydrogen) atoms. The molecule has 5 heteroatoms. The van der Waals surface area contributed by atoms with Crippen LogP contribution in [0.15, 0.2) is 53.8 Å². The monoisotopic (exact) mass is 342 g/mol. The number of carbonyl (C=O) groups is 1. The predicted molar refractivity (Wildman–Crippen MR) is 107 cm³/mol. The fourth-order valence-corrected chi connectivity index (χ4v) is 2.37. The summed E-state index contributed by atoms with van der Waals surface area (Å²) in [5, 5.41) is 6.14. The average Bonchev–Trinajstić information content (AvgIpc) is 2.62. The minimum absolute atomic E-state index is 0.179. The van der Waals surface area contributed by atoms with Crippen molar-refractivity contribution in [2.75, 3.05) is 31.5 Å². The van der Waals surface area contributed by atoms with Crippen molar-refractivity contribution in [3.63, 3.8) is 0 Å². The Morgan fingerprint density at radius 2 is 2.00 bits per heavy atom. The van der Waals surface area contributed by atoms with Gasteiger partial charge in [-0.2, -0.15) is 0 Å². The van der Waals surface area contributed by atoms with Crippen LogP contribution in [0.4, 0.5) is 5.69 Å². The van der Waals surface area contributed by atoms with Gasteiger partial charge in [-0.15, -0.1) is 0 Å². The molecule has 1 aromatic carbocycles. The van der Waals surface area contributed by atoms with E-state index >= 15 is 0 Å². The largest absolute Gasteiger partial charge is 0.384 e. The standard InChI is InChI=1S/C20H30N4O/c1-5-21-15-13-17(4)23-20(25)18-11-8-9-12-19(18)22-14-10-16-24(6-2)7-3/h5,8-9,11-13,15,22H,4,6-7,10,14,16H2,1-3H3,(H,23,25)/b15-13-,21-5?. The minimum atomic E-state index is -0.179. The summed E-state index contributed by atoms with van der Waals surface area (Å²) in [5.74, 6) is -0.179. The second-order valence-electron chi connectivity index (χ2n) is 5.56. The van der Waals surface area contributed by atoms with Gasteiger partial charge in [0, 0.05) is 30.3 Å². The summed E-state index contributed by atoms with van der Waals surface area (Å²) in [6.07, 6.45) is 5.96. The van der Waals surface area contributed by atoms with Gasteiger partial charge in [-0.25, -0.2) is 0 Å². The van der Waals surface area contributed by atoms with Crippen molar-refractivity contribution < 1.29 is 4.79 Å². The van der Waals surface area contributed by atoms with Gasteiger partial charge in [0.05, 0.1) is 5.56 Å². The number of rotatable bonds is 11. The van der Waals surface area contributed by atoms with Gasteiger partial charge in [0.25, 0.3) is 5.91 Å². The molecule has 0 aliphatic heterocycles. The summed E-state index contributed by atoms with van der Waals surface area (Å²) in [6.45, 7) is 14.0. The molecule has 136 valence electrons. The number of nitrogens with one attached hydrogen (secondary N) is 2. The third-order valence-corrected chi connectivity index (χ3v) is 3.82. The minimum Gasteiger partial charge on any atom is -0.384 e. The van der Waals surface area contributed by atoms with Crippen LogP contribution < -0.4 is 10.6 Å². The van der Waals surface area contributed by atoms with Crippen LogP contribution in [0.1, 0.15) is 37.6 Å². The summed E-state index contributed by atoms with van der Waals surface area (Å²) in [7, 11) is 0. The number of anilines is 1. The first-order chi connectivity index (χ1) is 12.1. The van der Waals surface area contributed by atoms with E-state index in [-0.39, 0.29) is 5.91 Å². The fraction of sp³-hybridized carbons (Fsp3) is 0.400. The average molecular weight is 342 g/mol. The Labute approximate surface area is 151 Å².